The smallest absolute Gasteiger partial charge is 0.323 e. The number of pyridine rings is 1. The molecule has 1 aromatic rings. The van der Waals surface area contributed by atoms with Crippen LogP contribution in [-0.4, -0.2) is 32.5 Å². The molecule has 18 heavy (non-hydrogen) atoms. The molecule has 0 aliphatic carbocycles. The van der Waals surface area contributed by atoms with Crippen molar-refractivity contribution in [2.24, 2.45) is 0 Å². The Labute approximate surface area is 104 Å². The van der Waals surface area contributed by atoms with Gasteiger partial charge in [-0.15, -0.1) is 0 Å². The number of hydrogen-bond acceptors (Lipinski definition) is 6. The van der Waals surface area contributed by atoms with Gasteiger partial charge in [-0.25, -0.2) is 13.4 Å². The van der Waals surface area contributed by atoms with Crippen LogP contribution < -0.4 is 4.72 Å². The molecule has 0 radical (unpaired) electrons. The number of nitrogens with one attached hydrogen (secondary N) is 1. The Bertz CT molecular complexity index is 574. The summed E-state index contributed by atoms with van der Waals surface area (Å²) < 4.78 is 30.2. The van der Waals surface area contributed by atoms with Gasteiger partial charge in [-0.05, 0) is 19.1 Å². The molecule has 1 heterocycles. The standard InChI is InChI=1S/C10H11N3O4S/c1-7(10(14)17-2)13-18(15,16)9-4-3-8(5-11)12-6-9/h3-4,6-7,13H,1-2H3. The molecule has 0 saturated carbocycles. The van der Waals surface area contributed by atoms with Gasteiger partial charge < -0.3 is 4.74 Å². The van der Waals surface area contributed by atoms with Gasteiger partial charge in [0, 0.05) is 6.20 Å². The minimum Gasteiger partial charge on any atom is -0.468 e. The molecular formula is C10H11N3O4S. The fourth-order valence-electron chi connectivity index (χ4n) is 1.13. The van der Waals surface area contributed by atoms with E-state index in [1.54, 1.807) is 6.07 Å². The van der Waals surface area contributed by atoms with Crippen LogP contribution in [0.25, 0.3) is 0 Å². The number of nitriles is 1. The van der Waals surface area contributed by atoms with Gasteiger partial charge in [-0.2, -0.15) is 9.98 Å². The maximum absolute atomic E-state index is 11.8. The molecule has 1 atom stereocenters. The van der Waals surface area contributed by atoms with E-state index in [1.165, 1.54) is 19.1 Å². The minimum absolute atomic E-state index is 0.106. The molecule has 0 fully saturated rings. The summed E-state index contributed by atoms with van der Waals surface area (Å²) in [5.74, 6) is -0.694. The SMILES string of the molecule is COC(=O)C(C)NS(=O)(=O)c1ccc(C#N)nc1. The van der Waals surface area contributed by atoms with Crippen molar-refractivity contribution in [3.8, 4) is 6.07 Å². The van der Waals surface area contributed by atoms with Crippen molar-refractivity contribution in [3.05, 3.63) is 24.0 Å². The van der Waals surface area contributed by atoms with E-state index < -0.39 is 22.0 Å². The lowest BCUT2D eigenvalue weighted by atomic mass is 10.4. The minimum atomic E-state index is -3.86. The third kappa shape index (κ3) is 3.26. The van der Waals surface area contributed by atoms with Crippen LogP contribution in [-0.2, 0) is 19.6 Å². The largest absolute Gasteiger partial charge is 0.468 e. The number of carbonyl (C=O) groups excluding carboxylic acids is 1. The molecule has 0 aliphatic rings. The summed E-state index contributed by atoms with van der Waals surface area (Å²) in [7, 11) is -2.70. The van der Waals surface area contributed by atoms with Crippen molar-refractivity contribution in [2.45, 2.75) is 17.9 Å². The second-order valence-corrected chi connectivity index (χ2v) is 5.07. The topological polar surface area (TPSA) is 109 Å². The fourth-order valence-corrected chi connectivity index (χ4v) is 2.27. The number of carbonyl (C=O) groups is 1. The molecule has 1 N–H and O–H groups in total. The predicted molar refractivity (Wildman–Crippen MR) is 60.8 cm³/mol. The highest BCUT2D eigenvalue weighted by Gasteiger charge is 2.22. The maximum atomic E-state index is 11.8. The van der Waals surface area contributed by atoms with Crippen LogP contribution in [0.4, 0.5) is 0 Å². The third-order valence-corrected chi connectivity index (χ3v) is 3.57. The van der Waals surface area contributed by atoms with Crippen molar-refractivity contribution in [2.75, 3.05) is 7.11 Å². The molecule has 1 rings (SSSR count). The van der Waals surface area contributed by atoms with Crippen molar-refractivity contribution in [1.82, 2.24) is 9.71 Å². The lowest BCUT2D eigenvalue weighted by Crippen LogP contribution is -2.39. The first-order valence-electron chi connectivity index (χ1n) is 4.87. The molecule has 96 valence electrons. The molecule has 0 saturated heterocycles. The van der Waals surface area contributed by atoms with Crippen LogP contribution in [0.15, 0.2) is 23.2 Å². The zero-order valence-corrected chi connectivity index (χ0v) is 10.6. The molecule has 7 nitrogen and oxygen atoms in total. The average molecular weight is 269 g/mol. The summed E-state index contributed by atoms with van der Waals surface area (Å²) >= 11 is 0. The zero-order chi connectivity index (χ0) is 13.8. The van der Waals surface area contributed by atoms with Crippen LogP contribution in [0.3, 0.4) is 0 Å². The summed E-state index contributed by atoms with van der Waals surface area (Å²) in [6, 6.07) is 3.28. The second-order valence-electron chi connectivity index (χ2n) is 3.36. The summed E-state index contributed by atoms with van der Waals surface area (Å²) in [6.07, 6.45) is 1.05. The normalized spacial score (nSPS) is 12.5. The first-order chi connectivity index (χ1) is 8.40. The summed E-state index contributed by atoms with van der Waals surface area (Å²) in [4.78, 5) is 14.6. The predicted octanol–water partition coefficient (Wildman–Crippen LogP) is -0.207. The number of esters is 1. The van der Waals surface area contributed by atoms with Crippen molar-refractivity contribution in [3.63, 3.8) is 0 Å². The molecule has 1 unspecified atom stereocenters. The highest BCUT2D eigenvalue weighted by atomic mass is 32.2. The molecule has 0 aliphatic heterocycles. The first-order valence-corrected chi connectivity index (χ1v) is 6.35. The van der Waals surface area contributed by atoms with E-state index in [4.69, 9.17) is 5.26 Å². The van der Waals surface area contributed by atoms with E-state index in [9.17, 15) is 13.2 Å². The number of rotatable bonds is 4. The van der Waals surface area contributed by atoms with E-state index in [2.05, 4.69) is 14.4 Å². The van der Waals surface area contributed by atoms with E-state index in [1.807, 2.05) is 0 Å². The van der Waals surface area contributed by atoms with Gasteiger partial charge in [-0.1, -0.05) is 0 Å². The fraction of sp³-hybridized carbons (Fsp3) is 0.300. The van der Waals surface area contributed by atoms with Gasteiger partial charge in [-0.3, -0.25) is 4.79 Å². The van der Waals surface area contributed by atoms with Gasteiger partial charge in [0.05, 0.1) is 7.11 Å². The molecule has 0 aromatic carbocycles. The maximum Gasteiger partial charge on any atom is 0.323 e. The average Bonchev–Trinajstić information content (AvgIpc) is 2.37. The highest BCUT2D eigenvalue weighted by molar-refractivity contribution is 7.89. The van der Waals surface area contributed by atoms with Gasteiger partial charge in [0.1, 0.15) is 22.7 Å². The summed E-state index contributed by atoms with van der Waals surface area (Å²) in [6.45, 7) is 1.36. The Hall–Kier alpha value is -1.98. The number of sulfonamides is 1. The quantitative estimate of drug-likeness (QED) is 0.758. The lowest BCUT2D eigenvalue weighted by Gasteiger charge is -2.11. The number of ether oxygens (including phenoxy) is 1. The van der Waals surface area contributed by atoms with Crippen molar-refractivity contribution >= 4 is 16.0 Å². The van der Waals surface area contributed by atoms with E-state index >= 15 is 0 Å². The van der Waals surface area contributed by atoms with Crippen molar-refractivity contribution < 1.29 is 17.9 Å². The third-order valence-electron chi connectivity index (χ3n) is 2.05. The summed E-state index contributed by atoms with van der Waals surface area (Å²) in [5.41, 5.74) is 0.106. The molecule has 0 bridgehead atoms. The van der Waals surface area contributed by atoms with Crippen LogP contribution >= 0.6 is 0 Å². The number of hydrogen-bond donors (Lipinski definition) is 1. The Kier molecular flexibility index (Phi) is 4.36. The van der Waals surface area contributed by atoms with Gasteiger partial charge >= 0.3 is 5.97 Å². The van der Waals surface area contributed by atoms with Crippen LogP contribution in [0.2, 0.25) is 0 Å². The Balaban J connectivity index is 2.93. The van der Waals surface area contributed by atoms with Gasteiger partial charge in [0.25, 0.3) is 0 Å². The molecule has 0 spiro atoms. The Morgan fingerprint density at radius 1 is 1.56 bits per heavy atom. The molecule has 1 aromatic heterocycles. The second kappa shape index (κ2) is 5.57. The van der Waals surface area contributed by atoms with Crippen LogP contribution in [0.1, 0.15) is 12.6 Å². The Morgan fingerprint density at radius 2 is 2.22 bits per heavy atom. The lowest BCUT2D eigenvalue weighted by molar-refractivity contribution is -0.142. The van der Waals surface area contributed by atoms with Crippen LogP contribution in [0, 0.1) is 11.3 Å². The highest BCUT2D eigenvalue weighted by Crippen LogP contribution is 2.08. The van der Waals surface area contributed by atoms with E-state index in [-0.39, 0.29) is 10.6 Å². The molecular weight excluding hydrogens is 258 g/mol. The molecule has 0 amide bonds. The van der Waals surface area contributed by atoms with Gasteiger partial charge in [0.2, 0.25) is 10.0 Å². The number of methoxy groups -OCH3 is 1. The molecule has 8 heteroatoms. The first kappa shape index (κ1) is 14.1. The van der Waals surface area contributed by atoms with E-state index in [0.717, 1.165) is 13.3 Å². The van der Waals surface area contributed by atoms with Crippen LogP contribution in [0.5, 0.6) is 0 Å². The van der Waals surface area contributed by atoms with Gasteiger partial charge in [0.15, 0.2) is 0 Å². The van der Waals surface area contributed by atoms with E-state index in [0.29, 0.717) is 0 Å². The monoisotopic (exact) mass is 269 g/mol. The summed E-state index contributed by atoms with van der Waals surface area (Å²) in [5, 5.41) is 8.54. The number of aromatic nitrogens is 1. The number of nitrogens with zero attached hydrogens (tertiary/aromatic N) is 2. The zero-order valence-electron chi connectivity index (χ0n) is 9.75. The van der Waals surface area contributed by atoms with Crippen molar-refractivity contribution in [1.29, 1.82) is 5.26 Å². The Morgan fingerprint density at radius 3 is 2.67 bits per heavy atom.